The Hall–Kier alpha value is -1.03. The Morgan fingerprint density at radius 3 is 2.40 bits per heavy atom. The molecule has 0 aliphatic rings. The van der Waals surface area contributed by atoms with E-state index in [-0.39, 0.29) is 12.2 Å². The first-order valence-corrected chi connectivity index (χ1v) is 7.37. The van der Waals surface area contributed by atoms with E-state index in [9.17, 15) is 4.79 Å². The molecule has 104 valence electrons. The molecule has 0 atom stereocenters. The largest absolute Gasteiger partial charge is 0.495 e. The molecule has 0 saturated carbocycles. The van der Waals surface area contributed by atoms with Crippen LogP contribution < -0.4 is 4.74 Å². The summed E-state index contributed by atoms with van der Waals surface area (Å²) in [5.74, 6) is 0.374. The quantitative estimate of drug-likeness (QED) is 0.689. The first-order valence-electron chi connectivity index (χ1n) is 5.82. The van der Waals surface area contributed by atoms with E-state index in [4.69, 9.17) is 27.9 Å². The molecule has 2 aromatic rings. The molecular formula is C15H11BrCl2O2. The van der Waals surface area contributed by atoms with Crippen molar-refractivity contribution in [2.75, 3.05) is 7.11 Å². The maximum absolute atomic E-state index is 12.3. The highest BCUT2D eigenvalue weighted by molar-refractivity contribution is 9.10. The van der Waals surface area contributed by atoms with Gasteiger partial charge in [0.2, 0.25) is 0 Å². The highest BCUT2D eigenvalue weighted by Gasteiger charge is 2.15. The van der Waals surface area contributed by atoms with Crippen LogP contribution in [0, 0.1) is 0 Å². The maximum Gasteiger partial charge on any atom is 0.168 e. The van der Waals surface area contributed by atoms with E-state index in [1.54, 1.807) is 12.1 Å². The van der Waals surface area contributed by atoms with E-state index in [1.165, 1.54) is 7.11 Å². The first kappa shape index (κ1) is 15.4. The summed E-state index contributed by atoms with van der Waals surface area (Å²) in [7, 11) is 1.50. The van der Waals surface area contributed by atoms with Crippen LogP contribution in [0.1, 0.15) is 15.9 Å². The van der Waals surface area contributed by atoms with Crippen molar-refractivity contribution >= 4 is 44.9 Å². The van der Waals surface area contributed by atoms with Crippen LogP contribution in [0.3, 0.4) is 0 Å². The molecule has 2 nitrogen and oxygen atoms in total. The summed E-state index contributed by atoms with van der Waals surface area (Å²) in [5, 5.41) is 0.712. The second-order valence-corrected chi connectivity index (χ2v) is 5.92. The number of benzene rings is 2. The number of methoxy groups -OCH3 is 1. The zero-order chi connectivity index (χ0) is 14.7. The van der Waals surface area contributed by atoms with Crippen LogP contribution in [0.25, 0.3) is 0 Å². The van der Waals surface area contributed by atoms with Crippen LogP contribution >= 0.6 is 39.1 Å². The molecule has 0 heterocycles. The van der Waals surface area contributed by atoms with E-state index < -0.39 is 0 Å². The molecule has 0 aromatic heterocycles. The smallest absolute Gasteiger partial charge is 0.168 e. The van der Waals surface area contributed by atoms with Crippen molar-refractivity contribution in [1.29, 1.82) is 0 Å². The number of hydrogen-bond donors (Lipinski definition) is 0. The summed E-state index contributed by atoms with van der Waals surface area (Å²) in [4.78, 5) is 12.3. The van der Waals surface area contributed by atoms with Gasteiger partial charge in [-0.3, -0.25) is 4.79 Å². The predicted octanol–water partition coefficient (Wildman–Crippen LogP) is 5.19. The Kier molecular flexibility index (Phi) is 5.08. The Morgan fingerprint density at radius 2 is 1.80 bits per heavy atom. The lowest BCUT2D eigenvalue weighted by atomic mass is 10.0. The lowest BCUT2D eigenvalue weighted by Gasteiger charge is -2.08. The second kappa shape index (κ2) is 6.61. The average Bonchev–Trinajstić information content (AvgIpc) is 2.43. The third-order valence-electron chi connectivity index (χ3n) is 2.82. The first-order chi connectivity index (χ1) is 9.51. The van der Waals surface area contributed by atoms with Crippen molar-refractivity contribution in [1.82, 2.24) is 0 Å². The molecule has 5 heteroatoms. The Morgan fingerprint density at radius 1 is 1.15 bits per heavy atom. The molecule has 2 aromatic carbocycles. The van der Waals surface area contributed by atoms with Gasteiger partial charge in [0.1, 0.15) is 5.75 Å². The number of halogens is 3. The van der Waals surface area contributed by atoms with E-state index in [1.807, 2.05) is 24.3 Å². The third-order valence-corrected chi connectivity index (χ3v) is 3.96. The molecule has 0 spiro atoms. The number of rotatable bonds is 4. The standard InChI is InChI=1S/C15H11BrCl2O2/c1-20-15-8-12(17)11(7-13(15)18)14(19)6-9-2-4-10(16)5-3-9/h2-5,7-8H,6H2,1H3. The van der Waals surface area contributed by atoms with Crippen LogP contribution in [0.5, 0.6) is 5.75 Å². The summed E-state index contributed by atoms with van der Waals surface area (Å²) in [6.07, 6.45) is 0.273. The van der Waals surface area contributed by atoms with Crippen molar-refractivity contribution < 1.29 is 9.53 Å². The molecule has 0 bridgehead atoms. The number of Topliss-reactive ketones (excluding diaryl/α,β-unsaturated/α-hetero) is 1. The number of carbonyl (C=O) groups is 1. The molecule has 0 amide bonds. The zero-order valence-electron chi connectivity index (χ0n) is 10.6. The van der Waals surface area contributed by atoms with Gasteiger partial charge in [-0.2, -0.15) is 0 Å². The molecule has 0 N–H and O–H groups in total. The zero-order valence-corrected chi connectivity index (χ0v) is 13.7. The second-order valence-electron chi connectivity index (χ2n) is 4.19. The van der Waals surface area contributed by atoms with Crippen molar-refractivity contribution in [3.05, 3.63) is 62.0 Å². The Labute approximate surface area is 135 Å². The molecule has 0 unspecified atom stereocenters. The van der Waals surface area contributed by atoms with Gasteiger partial charge in [-0.05, 0) is 23.8 Å². The molecule has 0 aliphatic carbocycles. The minimum atomic E-state index is -0.0816. The number of hydrogen-bond acceptors (Lipinski definition) is 2. The molecule has 0 aliphatic heterocycles. The molecule has 0 saturated heterocycles. The minimum Gasteiger partial charge on any atom is -0.495 e. The fraction of sp³-hybridized carbons (Fsp3) is 0.133. The van der Waals surface area contributed by atoms with Crippen LogP contribution in [-0.4, -0.2) is 12.9 Å². The highest BCUT2D eigenvalue weighted by Crippen LogP contribution is 2.31. The lowest BCUT2D eigenvalue weighted by molar-refractivity contribution is 0.0993. The molecule has 0 radical (unpaired) electrons. The van der Waals surface area contributed by atoms with Gasteiger partial charge in [-0.15, -0.1) is 0 Å². The molecule has 0 fully saturated rings. The van der Waals surface area contributed by atoms with Crippen LogP contribution in [-0.2, 0) is 6.42 Å². The fourth-order valence-electron chi connectivity index (χ4n) is 1.78. The van der Waals surface area contributed by atoms with Crippen molar-refractivity contribution in [2.45, 2.75) is 6.42 Å². The van der Waals surface area contributed by atoms with Crippen molar-refractivity contribution in [2.24, 2.45) is 0 Å². The topological polar surface area (TPSA) is 26.3 Å². The molecule has 20 heavy (non-hydrogen) atoms. The monoisotopic (exact) mass is 372 g/mol. The summed E-state index contributed by atoms with van der Waals surface area (Å²) in [5.41, 5.74) is 1.32. The van der Waals surface area contributed by atoms with Gasteiger partial charge < -0.3 is 4.74 Å². The van der Waals surface area contributed by atoms with Gasteiger partial charge in [-0.1, -0.05) is 51.3 Å². The average molecular weight is 374 g/mol. The summed E-state index contributed by atoms with van der Waals surface area (Å²) in [6.45, 7) is 0. The van der Waals surface area contributed by atoms with Gasteiger partial charge in [-0.25, -0.2) is 0 Å². The van der Waals surface area contributed by atoms with Gasteiger partial charge in [0, 0.05) is 22.5 Å². The number of carbonyl (C=O) groups excluding carboxylic acids is 1. The normalized spacial score (nSPS) is 10.4. The molecule has 2 rings (SSSR count). The van der Waals surface area contributed by atoms with Crippen LogP contribution in [0.4, 0.5) is 0 Å². The Balaban J connectivity index is 2.25. The minimum absolute atomic E-state index is 0.0816. The summed E-state index contributed by atoms with van der Waals surface area (Å²) in [6, 6.07) is 10.7. The predicted molar refractivity (Wildman–Crippen MR) is 85.2 cm³/mol. The van der Waals surface area contributed by atoms with Gasteiger partial charge in [0.05, 0.1) is 17.2 Å². The van der Waals surface area contributed by atoms with Crippen LogP contribution in [0.15, 0.2) is 40.9 Å². The fourth-order valence-corrected chi connectivity index (χ4v) is 2.55. The maximum atomic E-state index is 12.3. The van der Waals surface area contributed by atoms with E-state index in [2.05, 4.69) is 15.9 Å². The highest BCUT2D eigenvalue weighted by atomic mass is 79.9. The Bertz CT molecular complexity index is 639. The number of ketones is 1. The van der Waals surface area contributed by atoms with Gasteiger partial charge in [0.15, 0.2) is 5.78 Å². The molecular weight excluding hydrogens is 363 g/mol. The van der Waals surface area contributed by atoms with Crippen LogP contribution in [0.2, 0.25) is 10.0 Å². The van der Waals surface area contributed by atoms with Crippen molar-refractivity contribution in [3.63, 3.8) is 0 Å². The van der Waals surface area contributed by atoms with E-state index >= 15 is 0 Å². The third kappa shape index (κ3) is 3.54. The van der Waals surface area contributed by atoms with Gasteiger partial charge in [0.25, 0.3) is 0 Å². The number of ether oxygens (including phenoxy) is 1. The van der Waals surface area contributed by atoms with Crippen molar-refractivity contribution in [3.8, 4) is 5.75 Å². The summed E-state index contributed by atoms with van der Waals surface area (Å²) >= 11 is 15.5. The van der Waals surface area contributed by atoms with Gasteiger partial charge >= 0.3 is 0 Å². The summed E-state index contributed by atoms with van der Waals surface area (Å²) < 4.78 is 6.03. The SMILES string of the molecule is COc1cc(Cl)c(C(=O)Cc2ccc(Br)cc2)cc1Cl. The van der Waals surface area contributed by atoms with E-state index in [0.29, 0.717) is 21.4 Å². The lowest BCUT2D eigenvalue weighted by Crippen LogP contribution is -2.05. The van der Waals surface area contributed by atoms with E-state index in [0.717, 1.165) is 10.0 Å².